The number of hydrogen-bond acceptors (Lipinski definition) is 3. The summed E-state index contributed by atoms with van der Waals surface area (Å²) in [5.74, 6) is -0.326. The number of aromatic nitrogens is 2. The van der Waals surface area contributed by atoms with Crippen molar-refractivity contribution in [2.75, 3.05) is 6.17 Å². The van der Waals surface area contributed by atoms with Crippen LogP contribution in [0.1, 0.15) is 34.6 Å². The molecule has 1 amide bonds. The molecule has 0 bridgehead atoms. The van der Waals surface area contributed by atoms with E-state index in [2.05, 4.69) is 33.7 Å². The van der Waals surface area contributed by atoms with Crippen molar-refractivity contribution in [1.82, 2.24) is 20.6 Å². The van der Waals surface area contributed by atoms with Crippen LogP contribution in [0.2, 0.25) is 19.1 Å². The zero-order valence-corrected chi connectivity index (χ0v) is 16.0. The lowest BCUT2D eigenvalue weighted by Crippen LogP contribution is -2.49. The predicted octanol–water partition coefficient (Wildman–Crippen LogP) is 3.58. The largest absolute Gasteiger partial charge is 0.433 e. The highest BCUT2D eigenvalue weighted by Gasteiger charge is 2.35. The molecule has 26 heavy (non-hydrogen) atoms. The number of alkyl halides is 3. The minimum absolute atomic E-state index is 0.0191. The molecule has 5 nitrogen and oxygen atoms in total. The van der Waals surface area contributed by atoms with Crippen LogP contribution in [0.5, 0.6) is 0 Å². The molecule has 0 radical (unpaired) electrons. The van der Waals surface area contributed by atoms with Gasteiger partial charge in [-0.2, -0.15) is 13.2 Å². The van der Waals surface area contributed by atoms with E-state index >= 15 is 0 Å². The molecule has 3 N–H and O–H groups in total. The van der Waals surface area contributed by atoms with Crippen LogP contribution in [0, 0.1) is 6.92 Å². The van der Waals surface area contributed by atoms with E-state index in [0.717, 1.165) is 25.2 Å². The zero-order valence-electron chi connectivity index (χ0n) is 15.0. The Bertz CT molecular complexity index is 831. The second-order valence-corrected chi connectivity index (χ2v) is 12.9. The molecule has 1 saturated heterocycles. The van der Waals surface area contributed by atoms with E-state index in [-0.39, 0.29) is 23.3 Å². The highest BCUT2D eigenvalue weighted by atomic mass is 28.3. The summed E-state index contributed by atoms with van der Waals surface area (Å²) in [5, 5.41) is 6.70. The first-order valence-electron chi connectivity index (χ1n) is 8.67. The fraction of sp³-hybridized carbons (Fsp3) is 0.529. The first-order chi connectivity index (χ1) is 12.1. The molecule has 1 atom stereocenters. The maximum atomic E-state index is 13.0. The number of nitrogens with one attached hydrogen (secondary N) is 3. The standard InChI is InChI=1S/C17H23F3N4OSi/c1-10-11-7-12(23-13(11)8-21-15(10)17(18,19)20)16(25)24-14-5-4-6-26(2,3)9-22-14/h7-8,14,22-23H,4-6,9H2,1-3H3,(H,24,25). The number of fused-ring (bicyclic) bond motifs is 1. The third-order valence-corrected chi connectivity index (χ3v) is 7.79. The van der Waals surface area contributed by atoms with Crippen LogP contribution in [0.4, 0.5) is 13.2 Å². The van der Waals surface area contributed by atoms with Crippen LogP contribution < -0.4 is 10.6 Å². The lowest BCUT2D eigenvalue weighted by molar-refractivity contribution is -0.141. The lowest BCUT2D eigenvalue weighted by atomic mass is 10.1. The molecule has 0 aromatic carbocycles. The van der Waals surface area contributed by atoms with E-state index < -0.39 is 19.9 Å². The number of pyridine rings is 1. The van der Waals surface area contributed by atoms with Gasteiger partial charge in [0.05, 0.1) is 26.0 Å². The maximum absolute atomic E-state index is 13.0. The minimum atomic E-state index is -4.51. The number of H-pyrrole nitrogens is 1. The van der Waals surface area contributed by atoms with Crippen molar-refractivity contribution < 1.29 is 18.0 Å². The number of carbonyl (C=O) groups excluding carboxylic acids is 1. The van der Waals surface area contributed by atoms with Gasteiger partial charge in [-0.3, -0.25) is 4.79 Å². The van der Waals surface area contributed by atoms with Crippen molar-refractivity contribution in [3.8, 4) is 0 Å². The summed E-state index contributed by atoms with van der Waals surface area (Å²) >= 11 is 0. The van der Waals surface area contributed by atoms with Crippen molar-refractivity contribution >= 4 is 24.9 Å². The number of rotatable bonds is 2. The second-order valence-electron chi connectivity index (χ2n) is 7.70. The van der Waals surface area contributed by atoms with Crippen LogP contribution in [-0.2, 0) is 6.18 Å². The molecule has 0 saturated carbocycles. The summed E-state index contributed by atoms with van der Waals surface area (Å²) in [4.78, 5) is 18.9. The molecule has 1 unspecified atom stereocenters. The van der Waals surface area contributed by atoms with E-state index in [1.165, 1.54) is 19.0 Å². The van der Waals surface area contributed by atoms with Gasteiger partial charge in [-0.25, -0.2) is 4.98 Å². The van der Waals surface area contributed by atoms with Crippen LogP contribution in [-0.4, -0.2) is 36.3 Å². The smallest absolute Gasteiger partial charge is 0.349 e. The number of carbonyl (C=O) groups is 1. The fourth-order valence-electron chi connectivity index (χ4n) is 3.38. The van der Waals surface area contributed by atoms with Crippen molar-refractivity contribution in [2.45, 2.75) is 51.2 Å². The predicted molar refractivity (Wildman–Crippen MR) is 96.6 cm³/mol. The third kappa shape index (κ3) is 3.93. The van der Waals surface area contributed by atoms with Gasteiger partial charge in [-0.15, -0.1) is 0 Å². The Hall–Kier alpha value is -1.87. The van der Waals surface area contributed by atoms with Gasteiger partial charge < -0.3 is 15.6 Å². The molecule has 2 aromatic rings. The molecule has 1 aliphatic rings. The van der Waals surface area contributed by atoms with Crippen LogP contribution in [0.25, 0.3) is 10.9 Å². The van der Waals surface area contributed by atoms with Gasteiger partial charge in [-0.1, -0.05) is 25.6 Å². The average Bonchev–Trinajstić information content (AvgIpc) is 2.89. The van der Waals surface area contributed by atoms with Crippen molar-refractivity contribution in [3.05, 3.63) is 29.2 Å². The van der Waals surface area contributed by atoms with Gasteiger partial charge in [0.15, 0.2) is 0 Å². The summed E-state index contributed by atoms with van der Waals surface area (Å²) in [5.41, 5.74) is -0.242. The maximum Gasteiger partial charge on any atom is 0.433 e. The summed E-state index contributed by atoms with van der Waals surface area (Å²) in [6.07, 6.45) is -0.669. The topological polar surface area (TPSA) is 69.8 Å². The average molecular weight is 384 g/mol. The van der Waals surface area contributed by atoms with E-state index in [0.29, 0.717) is 10.9 Å². The Morgan fingerprint density at radius 2 is 2.12 bits per heavy atom. The number of aryl methyl sites for hydroxylation is 1. The molecule has 0 spiro atoms. The third-order valence-electron chi connectivity index (χ3n) is 4.92. The summed E-state index contributed by atoms with van der Waals surface area (Å²) in [6.45, 7) is 6.00. The molecule has 1 fully saturated rings. The van der Waals surface area contributed by atoms with Gasteiger partial charge >= 0.3 is 6.18 Å². The number of halogens is 3. The fourth-order valence-corrected chi connectivity index (χ4v) is 5.52. The Morgan fingerprint density at radius 1 is 1.38 bits per heavy atom. The molecule has 2 aromatic heterocycles. The Balaban J connectivity index is 1.80. The van der Waals surface area contributed by atoms with Crippen LogP contribution in [0.15, 0.2) is 12.3 Å². The Morgan fingerprint density at radius 3 is 2.81 bits per heavy atom. The number of nitrogens with zero attached hydrogens (tertiary/aromatic N) is 1. The van der Waals surface area contributed by atoms with E-state index in [1.807, 2.05) is 0 Å². The zero-order chi connectivity index (χ0) is 19.1. The highest BCUT2D eigenvalue weighted by molar-refractivity contribution is 6.77. The summed E-state index contributed by atoms with van der Waals surface area (Å²) in [7, 11) is -1.26. The molecule has 3 heterocycles. The van der Waals surface area contributed by atoms with Gasteiger partial charge in [0.1, 0.15) is 11.4 Å². The molecular formula is C17H23F3N4OSi. The van der Waals surface area contributed by atoms with Crippen molar-refractivity contribution in [2.24, 2.45) is 0 Å². The first kappa shape index (κ1) is 18.9. The second kappa shape index (κ2) is 6.69. The van der Waals surface area contributed by atoms with Crippen molar-refractivity contribution in [1.29, 1.82) is 0 Å². The summed E-state index contributed by atoms with van der Waals surface area (Å²) in [6, 6.07) is 2.68. The SMILES string of the molecule is Cc1c(C(F)(F)F)ncc2[nH]c(C(=O)NC3CCC[Si](C)(C)CN3)cc12. The lowest BCUT2D eigenvalue weighted by Gasteiger charge is -2.21. The molecular weight excluding hydrogens is 361 g/mol. The van der Waals surface area contributed by atoms with Gasteiger partial charge in [0.2, 0.25) is 0 Å². The summed E-state index contributed by atoms with van der Waals surface area (Å²) < 4.78 is 39.0. The molecule has 0 aliphatic carbocycles. The minimum Gasteiger partial charge on any atom is -0.349 e. The molecule has 142 valence electrons. The van der Waals surface area contributed by atoms with Gasteiger partial charge in [0, 0.05) is 5.39 Å². The molecule has 1 aliphatic heterocycles. The van der Waals surface area contributed by atoms with Gasteiger partial charge in [-0.05, 0) is 31.1 Å². The van der Waals surface area contributed by atoms with E-state index in [9.17, 15) is 18.0 Å². The quantitative estimate of drug-likeness (QED) is 0.693. The Kier molecular flexibility index (Phi) is 4.87. The number of hydrogen-bond donors (Lipinski definition) is 3. The van der Waals surface area contributed by atoms with Crippen LogP contribution >= 0.6 is 0 Å². The monoisotopic (exact) mass is 384 g/mol. The Labute approximate surface area is 150 Å². The molecule has 9 heteroatoms. The first-order valence-corrected chi connectivity index (χ1v) is 12.1. The van der Waals surface area contributed by atoms with Crippen molar-refractivity contribution in [3.63, 3.8) is 0 Å². The van der Waals surface area contributed by atoms with Gasteiger partial charge in [0.25, 0.3) is 5.91 Å². The van der Waals surface area contributed by atoms with E-state index in [1.54, 1.807) is 0 Å². The number of aromatic amines is 1. The number of amides is 1. The molecule has 3 rings (SSSR count). The normalized spacial score (nSPS) is 20.8. The van der Waals surface area contributed by atoms with E-state index in [4.69, 9.17) is 0 Å². The highest BCUT2D eigenvalue weighted by Crippen LogP contribution is 2.33. The van der Waals surface area contributed by atoms with Crippen LogP contribution in [0.3, 0.4) is 0 Å².